The Balaban J connectivity index is 1.60. The number of ether oxygens (including phenoxy) is 2. The number of esters is 1. The van der Waals surface area contributed by atoms with Crippen LogP contribution in [0.2, 0.25) is 5.02 Å². The number of methoxy groups -OCH3 is 1. The molecule has 0 aliphatic carbocycles. The minimum atomic E-state index is -5.18. The number of hydrogen-bond donors (Lipinski definition) is 1. The van der Waals surface area contributed by atoms with Crippen LogP contribution in [0, 0.1) is 6.92 Å². The highest BCUT2D eigenvalue weighted by Crippen LogP contribution is 2.45. The Morgan fingerprint density at radius 1 is 0.843 bits per heavy atom. The van der Waals surface area contributed by atoms with Gasteiger partial charge in [0.2, 0.25) is 0 Å². The first-order chi connectivity index (χ1) is 23.6. The summed E-state index contributed by atoms with van der Waals surface area (Å²) in [6.07, 6.45) is -18.1. The molecule has 5 rings (SSSR count). The fraction of sp³-hybridized carbons (Fsp3) is 0.257. The molecule has 0 spiro atoms. The molecule has 1 aliphatic rings. The summed E-state index contributed by atoms with van der Waals surface area (Å²) in [6.45, 7) is 2.33. The minimum Gasteiger partial charge on any atom is -0.465 e. The van der Waals surface area contributed by atoms with Gasteiger partial charge in [-0.2, -0.15) is 39.5 Å². The molecule has 51 heavy (non-hydrogen) atoms. The van der Waals surface area contributed by atoms with E-state index in [1.54, 1.807) is 31.2 Å². The summed E-state index contributed by atoms with van der Waals surface area (Å²) in [5, 5.41) is 0.0499. The quantitative estimate of drug-likeness (QED) is 0.121. The van der Waals surface area contributed by atoms with Crippen molar-refractivity contribution >= 4 is 29.4 Å². The van der Waals surface area contributed by atoms with E-state index >= 15 is 0 Å². The van der Waals surface area contributed by atoms with Crippen molar-refractivity contribution in [3.05, 3.63) is 111 Å². The van der Waals surface area contributed by atoms with E-state index in [0.29, 0.717) is 34.9 Å². The van der Waals surface area contributed by atoms with Crippen LogP contribution in [0.4, 0.5) is 50.0 Å². The van der Waals surface area contributed by atoms with Crippen molar-refractivity contribution in [1.29, 1.82) is 0 Å². The number of nitrogen functional groups attached to an aromatic ring is 1. The lowest BCUT2D eigenvalue weighted by Gasteiger charge is -2.25. The molecule has 1 fully saturated rings. The van der Waals surface area contributed by atoms with Crippen molar-refractivity contribution in [1.82, 2.24) is 4.90 Å². The number of benzene rings is 4. The first-order valence-corrected chi connectivity index (χ1v) is 15.2. The van der Waals surface area contributed by atoms with Crippen molar-refractivity contribution in [3.8, 4) is 22.3 Å². The Bertz CT molecular complexity index is 1990. The average molecular weight is 745 g/mol. The second kappa shape index (κ2) is 13.3. The summed E-state index contributed by atoms with van der Waals surface area (Å²) in [6, 6.07) is 10.3. The molecule has 0 unspecified atom stereocenters. The monoisotopic (exact) mass is 744 g/mol. The van der Waals surface area contributed by atoms with E-state index in [0.717, 1.165) is 11.0 Å². The third-order valence-corrected chi connectivity index (χ3v) is 8.77. The number of anilines is 1. The normalized spacial score (nSPS) is 16.7. The van der Waals surface area contributed by atoms with Gasteiger partial charge in [-0.15, -0.1) is 0 Å². The third-order valence-electron chi connectivity index (χ3n) is 8.44. The van der Waals surface area contributed by atoms with Gasteiger partial charge >= 0.3 is 30.6 Å². The number of carbonyl (C=O) groups excluding carboxylic acids is 2. The summed E-state index contributed by atoms with van der Waals surface area (Å²) in [7, 11) is 1.22. The molecular weight excluding hydrogens is 719 g/mol. The first-order valence-electron chi connectivity index (χ1n) is 14.9. The van der Waals surface area contributed by atoms with E-state index in [2.05, 4.69) is 0 Å². The number of cyclic esters (lactones) is 1. The smallest absolute Gasteiger partial charge is 0.416 e. The molecule has 270 valence electrons. The number of halogens is 10. The van der Waals surface area contributed by atoms with Crippen LogP contribution in [0.5, 0.6) is 0 Å². The van der Waals surface area contributed by atoms with Gasteiger partial charge in [0.05, 0.1) is 42.0 Å². The molecular formula is C35H26ClF9N2O4. The highest BCUT2D eigenvalue weighted by atomic mass is 35.5. The lowest BCUT2D eigenvalue weighted by atomic mass is 9.91. The number of aryl methyl sites for hydroxylation is 1. The summed E-state index contributed by atoms with van der Waals surface area (Å²) in [5.41, 5.74) is 2.75. The molecule has 2 atom stereocenters. The summed E-state index contributed by atoms with van der Waals surface area (Å²) >= 11 is 6.57. The largest absolute Gasteiger partial charge is 0.465 e. The zero-order valence-electron chi connectivity index (χ0n) is 26.6. The third kappa shape index (κ3) is 7.58. The van der Waals surface area contributed by atoms with E-state index < -0.39 is 71.5 Å². The molecule has 1 aliphatic heterocycles. The van der Waals surface area contributed by atoms with Crippen LogP contribution in [0.15, 0.2) is 66.7 Å². The Morgan fingerprint density at radius 3 is 1.98 bits per heavy atom. The molecule has 2 N–H and O–H groups in total. The lowest BCUT2D eigenvalue weighted by Crippen LogP contribution is -2.32. The molecule has 0 saturated carbocycles. The molecule has 1 heterocycles. The van der Waals surface area contributed by atoms with Crippen molar-refractivity contribution < 1.29 is 58.6 Å². The molecule has 1 saturated heterocycles. The number of rotatable bonds is 6. The van der Waals surface area contributed by atoms with E-state index in [-0.39, 0.29) is 39.0 Å². The standard InChI is InChI=1S/C35H26ClF9N2O4/c1-16-8-19(31(48)50-3)4-6-25(16)18-5-7-27(36)26(12-18)29-21(11-24(14-28(29)46)35(43,44)45)15-47-17(2)30(51-32(47)49)20-9-22(33(37,38)39)13-23(10-20)34(40,41)42/h4-14,17,30H,15,46H2,1-3H3/t17-,30-/m0/s1. The Labute approximate surface area is 289 Å². The van der Waals surface area contributed by atoms with Crippen LogP contribution in [0.3, 0.4) is 0 Å². The molecule has 0 aromatic heterocycles. The number of nitrogens with two attached hydrogens (primary N) is 1. The maximum atomic E-state index is 14.0. The highest BCUT2D eigenvalue weighted by molar-refractivity contribution is 6.33. The van der Waals surface area contributed by atoms with Crippen molar-refractivity contribution in [2.24, 2.45) is 0 Å². The minimum absolute atomic E-state index is 0.0134. The molecule has 4 aromatic rings. The van der Waals surface area contributed by atoms with Crippen LogP contribution in [0.1, 0.15) is 56.8 Å². The number of nitrogens with zero attached hydrogens (tertiary/aromatic N) is 1. The first kappa shape index (κ1) is 37.3. The van der Waals surface area contributed by atoms with Crippen molar-refractivity contribution in [2.75, 3.05) is 12.8 Å². The predicted molar refractivity (Wildman–Crippen MR) is 168 cm³/mol. The molecule has 1 amide bonds. The van der Waals surface area contributed by atoms with E-state index in [1.807, 2.05) is 0 Å². The predicted octanol–water partition coefficient (Wildman–Crippen LogP) is 10.5. The van der Waals surface area contributed by atoms with Gasteiger partial charge in [0.15, 0.2) is 0 Å². The van der Waals surface area contributed by atoms with Gasteiger partial charge in [0.25, 0.3) is 0 Å². The molecule has 0 bridgehead atoms. The topological polar surface area (TPSA) is 81.9 Å². The van der Waals surface area contributed by atoms with Crippen LogP contribution >= 0.6 is 11.6 Å². The van der Waals surface area contributed by atoms with Gasteiger partial charge in [-0.25, -0.2) is 9.59 Å². The zero-order valence-corrected chi connectivity index (χ0v) is 27.4. The van der Waals surface area contributed by atoms with Crippen LogP contribution in [0.25, 0.3) is 22.3 Å². The van der Waals surface area contributed by atoms with E-state index in [1.165, 1.54) is 26.2 Å². The van der Waals surface area contributed by atoms with Gasteiger partial charge in [0.1, 0.15) is 6.10 Å². The van der Waals surface area contributed by atoms with E-state index in [9.17, 15) is 49.1 Å². The van der Waals surface area contributed by atoms with Gasteiger partial charge in [0, 0.05) is 21.8 Å². The second-order valence-electron chi connectivity index (χ2n) is 11.8. The van der Waals surface area contributed by atoms with Crippen molar-refractivity contribution in [2.45, 2.75) is 51.1 Å². The fourth-order valence-corrected chi connectivity index (χ4v) is 6.16. The molecule has 6 nitrogen and oxygen atoms in total. The SMILES string of the molecule is COC(=O)c1ccc(-c2ccc(Cl)c(-c3c(N)cc(C(F)(F)F)cc3CN3C(=O)O[C@H](c4cc(C(F)(F)F)cc(C(F)(F)F)c4)[C@@H]3C)c2)c(C)c1. The maximum Gasteiger partial charge on any atom is 0.416 e. The van der Waals surface area contributed by atoms with Crippen LogP contribution < -0.4 is 5.73 Å². The zero-order chi connectivity index (χ0) is 37.8. The van der Waals surface area contributed by atoms with Gasteiger partial charge in [-0.3, -0.25) is 4.90 Å². The summed E-state index contributed by atoms with van der Waals surface area (Å²) in [4.78, 5) is 26.0. The number of alkyl halides is 9. The second-order valence-corrected chi connectivity index (χ2v) is 12.2. The Hall–Kier alpha value is -4.92. The van der Waals surface area contributed by atoms with Crippen LogP contribution in [-0.2, 0) is 34.5 Å². The number of carbonyl (C=O) groups is 2. The fourth-order valence-electron chi connectivity index (χ4n) is 5.95. The summed E-state index contributed by atoms with van der Waals surface area (Å²) in [5.74, 6) is -0.575. The molecule has 4 aromatic carbocycles. The Morgan fingerprint density at radius 2 is 1.43 bits per heavy atom. The van der Waals surface area contributed by atoms with Gasteiger partial charge in [-0.1, -0.05) is 23.7 Å². The van der Waals surface area contributed by atoms with Gasteiger partial charge in [-0.05, 0) is 96.3 Å². The van der Waals surface area contributed by atoms with Crippen molar-refractivity contribution in [3.63, 3.8) is 0 Å². The molecule has 0 radical (unpaired) electrons. The van der Waals surface area contributed by atoms with E-state index in [4.69, 9.17) is 26.8 Å². The highest BCUT2D eigenvalue weighted by Gasteiger charge is 2.44. The lowest BCUT2D eigenvalue weighted by molar-refractivity contribution is -0.143. The number of hydrogen-bond acceptors (Lipinski definition) is 5. The average Bonchev–Trinajstić information content (AvgIpc) is 3.31. The number of amides is 1. The maximum absolute atomic E-state index is 14.0. The molecule has 16 heteroatoms. The van der Waals surface area contributed by atoms with Crippen LogP contribution in [-0.4, -0.2) is 30.1 Å². The summed E-state index contributed by atoms with van der Waals surface area (Å²) < 4.78 is 134. The Kier molecular flexibility index (Phi) is 9.75. The van der Waals surface area contributed by atoms with Gasteiger partial charge < -0.3 is 15.2 Å².